The van der Waals surface area contributed by atoms with Gasteiger partial charge in [-0.2, -0.15) is 0 Å². The number of pyridine rings is 1. The molecule has 0 spiro atoms. The molecule has 178 valence electrons. The molecular weight excluding hydrogens is 450 g/mol. The van der Waals surface area contributed by atoms with Gasteiger partial charge in [-0.1, -0.05) is 0 Å². The minimum absolute atomic E-state index is 0.319. The molecule has 4 N–H and O–H groups in total. The van der Waals surface area contributed by atoms with Crippen LogP contribution < -0.4 is 20.1 Å². The maximum atomic E-state index is 12.1. The number of fused-ring (bicyclic) bond motifs is 2. The van der Waals surface area contributed by atoms with Gasteiger partial charge in [0.25, 0.3) is 5.91 Å². The molecule has 4 rings (SSSR count). The molecule has 0 unspecified atom stereocenters. The van der Waals surface area contributed by atoms with Gasteiger partial charge in [-0.3, -0.25) is 4.79 Å². The first kappa shape index (κ1) is 24.4. The second-order valence-electron chi connectivity index (χ2n) is 7.94. The van der Waals surface area contributed by atoms with Crippen LogP contribution in [0.2, 0.25) is 0 Å². The Balaban J connectivity index is 0.000000555. The minimum atomic E-state index is -3.92. The van der Waals surface area contributed by atoms with E-state index in [9.17, 15) is 4.79 Å². The molecule has 11 nitrogen and oxygen atoms in total. The smallest absolute Gasteiger partial charge is 0.254 e. The van der Waals surface area contributed by atoms with Gasteiger partial charge in [0.1, 0.15) is 24.5 Å². The molecule has 1 aromatic carbocycles. The van der Waals surface area contributed by atoms with Gasteiger partial charge in [-0.05, 0) is 25.0 Å². The highest BCUT2D eigenvalue weighted by Crippen LogP contribution is 2.36. The van der Waals surface area contributed by atoms with Crippen LogP contribution in [-0.4, -0.2) is 73.9 Å². The van der Waals surface area contributed by atoms with Gasteiger partial charge in [-0.25, -0.2) is 18.4 Å². The molecule has 0 fully saturated rings. The summed E-state index contributed by atoms with van der Waals surface area (Å²) in [6.45, 7) is 1.96. The van der Waals surface area contributed by atoms with E-state index in [1.165, 1.54) is 4.90 Å². The van der Waals surface area contributed by atoms with Crippen molar-refractivity contribution in [1.82, 2.24) is 15.0 Å². The Morgan fingerprint density at radius 2 is 2.06 bits per heavy atom. The highest BCUT2D eigenvalue weighted by Gasteiger charge is 2.22. The highest BCUT2D eigenvalue weighted by molar-refractivity contribution is 7.84. The SMILES string of the molecule is CS(=O)(=O)[O-].C[NH+](C)CCOc1cc(-c2cnc3c(c2)CCCO3)c2nc[nH]c2c1C(N)=O. The number of aromatic amines is 1. The number of benzene rings is 1. The molecule has 3 heterocycles. The average molecular weight is 478 g/mol. The Morgan fingerprint density at radius 1 is 1.33 bits per heavy atom. The number of rotatable bonds is 6. The number of amides is 1. The van der Waals surface area contributed by atoms with Gasteiger partial charge < -0.3 is 29.6 Å². The quantitative estimate of drug-likeness (QED) is 0.408. The number of carbonyl (C=O) groups excluding carboxylic acids is 1. The number of nitrogens with two attached hydrogens (primary N) is 1. The molecule has 1 amide bonds. The van der Waals surface area contributed by atoms with E-state index in [0.29, 0.717) is 47.7 Å². The molecule has 0 saturated carbocycles. The van der Waals surface area contributed by atoms with Gasteiger partial charge >= 0.3 is 0 Å². The first-order valence-corrected chi connectivity index (χ1v) is 12.1. The van der Waals surface area contributed by atoms with Crippen LogP contribution in [0.15, 0.2) is 24.7 Å². The van der Waals surface area contributed by atoms with E-state index in [2.05, 4.69) is 21.0 Å². The fourth-order valence-electron chi connectivity index (χ4n) is 3.41. The normalized spacial score (nSPS) is 13.1. The molecular formula is C21H27N5O6S. The summed E-state index contributed by atoms with van der Waals surface area (Å²) in [4.78, 5) is 25.3. The number of hydrogen-bond acceptors (Lipinski definition) is 8. The van der Waals surface area contributed by atoms with Crippen LogP contribution in [0.4, 0.5) is 0 Å². The number of primary amides is 1. The van der Waals surface area contributed by atoms with Crippen molar-refractivity contribution in [3.8, 4) is 22.8 Å². The second kappa shape index (κ2) is 10.1. The number of likely N-dealkylation sites (N-methyl/N-ethyl adjacent to an activating group) is 1. The summed E-state index contributed by atoms with van der Waals surface area (Å²) in [5.74, 6) is 0.590. The molecule has 12 heteroatoms. The number of quaternary nitrogens is 1. The van der Waals surface area contributed by atoms with Gasteiger partial charge in [0.05, 0.1) is 48.2 Å². The Kier molecular flexibility index (Phi) is 7.51. The van der Waals surface area contributed by atoms with Crippen molar-refractivity contribution in [3.63, 3.8) is 0 Å². The fourth-order valence-corrected chi connectivity index (χ4v) is 3.41. The lowest BCUT2D eigenvalue weighted by Crippen LogP contribution is -3.06. The number of nitrogens with zero attached hydrogens (tertiary/aromatic N) is 2. The third kappa shape index (κ3) is 6.40. The molecule has 1 aliphatic heterocycles. The van der Waals surface area contributed by atoms with E-state index in [0.717, 1.165) is 36.1 Å². The van der Waals surface area contributed by atoms with Crippen LogP contribution in [0.25, 0.3) is 22.2 Å². The van der Waals surface area contributed by atoms with Crippen LogP contribution in [0, 0.1) is 0 Å². The van der Waals surface area contributed by atoms with Crippen molar-refractivity contribution in [2.24, 2.45) is 5.73 Å². The van der Waals surface area contributed by atoms with E-state index in [-0.39, 0.29) is 0 Å². The van der Waals surface area contributed by atoms with Crippen LogP contribution in [0.5, 0.6) is 11.6 Å². The number of ether oxygens (including phenoxy) is 2. The van der Waals surface area contributed by atoms with Gasteiger partial charge in [-0.15, -0.1) is 0 Å². The maximum Gasteiger partial charge on any atom is 0.254 e. The first-order valence-electron chi connectivity index (χ1n) is 10.3. The van der Waals surface area contributed by atoms with E-state index < -0.39 is 16.0 Å². The zero-order valence-electron chi connectivity index (χ0n) is 18.7. The van der Waals surface area contributed by atoms with E-state index in [1.54, 1.807) is 12.5 Å². The maximum absolute atomic E-state index is 12.1. The second-order valence-corrected chi connectivity index (χ2v) is 9.35. The summed E-state index contributed by atoms with van der Waals surface area (Å²) in [7, 11) is 0.172. The largest absolute Gasteiger partial charge is 0.748 e. The molecule has 0 aliphatic carbocycles. The van der Waals surface area contributed by atoms with Crippen molar-refractivity contribution in [2.75, 3.05) is 40.1 Å². The summed E-state index contributed by atoms with van der Waals surface area (Å²) in [6.07, 6.45) is 5.83. The minimum Gasteiger partial charge on any atom is -0.748 e. The van der Waals surface area contributed by atoms with Crippen LogP contribution in [0.1, 0.15) is 22.3 Å². The van der Waals surface area contributed by atoms with Crippen LogP contribution in [-0.2, 0) is 16.5 Å². The summed E-state index contributed by atoms with van der Waals surface area (Å²) < 4.78 is 38.8. The molecule has 0 atom stereocenters. The van der Waals surface area contributed by atoms with Crippen LogP contribution in [0.3, 0.4) is 0 Å². The number of nitrogens with one attached hydrogen (secondary N) is 2. The number of carbonyl (C=O) groups is 1. The monoisotopic (exact) mass is 477 g/mol. The molecule has 2 aromatic heterocycles. The Hall–Kier alpha value is -3.22. The molecule has 1 aliphatic rings. The number of hydrogen-bond donors (Lipinski definition) is 3. The highest BCUT2D eigenvalue weighted by atomic mass is 32.2. The Morgan fingerprint density at radius 3 is 2.73 bits per heavy atom. The zero-order chi connectivity index (χ0) is 24.2. The number of imidazole rings is 1. The predicted molar refractivity (Wildman–Crippen MR) is 120 cm³/mol. The average Bonchev–Trinajstić information content (AvgIpc) is 3.20. The number of aromatic nitrogens is 3. The molecule has 3 aromatic rings. The Bertz CT molecular complexity index is 1250. The predicted octanol–water partition coefficient (Wildman–Crippen LogP) is -0.266. The first-order chi connectivity index (χ1) is 15.5. The van der Waals surface area contributed by atoms with Crippen LogP contribution >= 0.6 is 0 Å². The van der Waals surface area contributed by atoms with Crippen molar-refractivity contribution in [3.05, 3.63) is 35.8 Å². The zero-order valence-corrected chi connectivity index (χ0v) is 19.5. The van der Waals surface area contributed by atoms with Gasteiger partial charge in [0.15, 0.2) is 0 Å². The Labute approximate surface area is 191 Å². The lowest BCUT2D eigenvalue weighted by Gasteiger charge is -2.18. The standard InChI is InChI=1S/C20H23N5O3.CH4O3S/c1-25(2)5-7-27-15-9-14(17-18(24-11-23-17)16(15)19(21)26)13-8-12-4-3-6-28-20(12)22-10-13;1-5(2,3)4/h8-11H,3-7H2,1-2H3,(H2,21,26)(H,23,24);1H3,(H,2,3,4). The third-order valence-electron chi connectivity index (χ3n) is 4.84. The van der Waals surface area contributed by atoms with Crippen molar-refractivity contribution in [1.29, 1.82) is 0 Å². The van der Waals surface area contributed by atoms with E-state index in [4.69, 9.17) is 28.2 Å². The van der Waals surface area contributed by atoms with E-state index in [1.807, 2.05) is 20.2 Å². The lowest BCUT2D eigenvalue weighted by atomic mass is 9.99. The summed E-state index contributed by atoms with van der Waals surface area (Å²) in [5.41, 5.74) is 10.0. The molecule has 0 bridgehead atoms. The van der Waals surface area contributed by atoms with Crippen molar-refractivity contribution >= 4 is 27.1 Å². The van der Waals surface area contributed by atoms with Gasteiger partial charge in [0.2, 0.25) is 5.88 Å². The number of aryl methyl sites for hydroxylation is 1. The summed E-state index contributed by atoms with van der Waals surface area (Å²) in [5, 5.41) is 0. The van der Waals surface area contributed by atoms with Crippen molar-refractivity contribution < 1.29 is 32.1 Å². The third-order valence-corrected chi connectivity index (χ3v) is 4.84. The van der Waals surface area contributed by atoms with E-state index >= 15 is 0 Å². The van der Waals surface area contributed by atoms with Crippen molar-refractivity contribution in [2.45, 2.75) is 12.8 Å². The molecule has 0 saturated heterocycles. The topological polar surface area (TPSA) is 165 Å². The summed E-state index contributed by atoms with van der Waals surface area (Å²) in [6, 6.07) is 3.91. The lowest BCUT2D eigenvalue weighted by molar-refractivity contribution is -0.858. The molecule has 0 radical (unpaired) electrons. The number of H-pyrrole nitrogens is 1. The summed E-state index contributed by atoms with van der Waals surface area (Å²) >= 11 is 0. The fraction of sp³-hybridized carbons (Fsp3) is 0.381. The van der Waals surface area contributed by atoms with Gasteiger partial charge in [0, 0.05) is 29.1 Å². The molecule has 33 heavy (non-hydrogen) atoms.